The van der Waals surface area contributed by atoms with E-state index in [4.69, 9.17) is 27.9 Å². The van der Waals surface area contributed by atoms with E-state index in [1.807, 2.05) is 24.3 Å². The van der Waals surface area contributed by atoms with Gasteiger partial charge in [0.25, 0.3) is 0 Å². The highest BCUT2D eigenvalue weighted by atomic mass is 35.5. The van der Waals surface area contributed by atoms with Crippen LogP contribution in [-0.2, 0) is 11.2 Å². The van der Waals surface area contributed by atoms with Crippen molar-refractivity contribution >= 4 is 29.2 Å². The van der Waals surface area contributed by atoms with Crippen LogP contribution in [0.15, 0.2) is 42.6 Å². The largest absolute Gasteiger partial charge is 0.490 e. The molecular weight excluding hydrogens is 461 g/mol. The van der Waals surface area contributed by atoms with E-state index in [1.165, 1.54) is 0 Å². The van der Waals surface area contributed by atoms with E-state index in [1.54, 1.807) is 18.3 Å². The van der Waals surface area contributed by atoms with Crippen molar-refractivity contribution in [1.29, 1.82) is 0 Å². The second-order valence-electron chi connectivity index (χ2n) is 9.05. The summed E-state index contributed by atoms with van der Waals surface area (Å²) in [6.45, 7) is 4.76. The van der Waals surface area contributed by atoms with Gasteiger partial charge < -0.3 is 14.7 Å². The Morgan fingerprint density at radius 3 is 2.45 bits per heavy atom. The van der Waals surface area contributed by atoms with Crippen LogP contribution in [0.5, 0.6) is 5.75 Å². The van der Waals surface area contributed by atoms with Gasteiger partial charge in [0, 0.05) is 44.0 Å². The lowest BCUT2D eigenvalue weighted by atomic mass is 9.93. The Balaban J connectivity index is 1.20. The molecule has 1 N–H and O–H groups in total. The molecule has 0 amide bonds. The molecule has 0 unspecified atom stereocenters. The van der Waals surface area contributed by atoms with Gasteiger partial charge in [0.15, 0.2) is 0 Å². The standard InChI is InChI=1S/C25H31Cl2N3O3/c26-22-5-4-21(16-23(22)27)33-20-8-11-29(12-9-20)17-18-6-13-30(14-7-18)24(25(31)32)15-19-3-1-2-10-28-19/h1-5,10,16,18,20,24H,6-9,11-15,17H2,(H,31,32)/t24-/m0/s1. The van der Waals surface area contributed by atoms with Gasteiger partial charge in [-0.05, 0) is 69.0 Å². The second-order valence-corrected chi connectivity index (χ2v) is 9.87. The van der Waals surface area contributed by atoms with E-state index in [-0.39, 0.29) is 6.10 Å². The minimum absolute atomic E-state index is 0.197. The monoisotopic (exact) mass is 491 g/mol. The maximum atomic E-state index is 11.9. The summed E-state index contributed by atoms with van der Waals surface area (Å²) in [4.78, 5) is 20.8. The lowest BCUT2D eigenvalue weighted by molar-refractivity contribution is -0.144. The van der Waals surface area contributed by atoms with E-state index in [2.05, 4.69) is 14.8 Å². The first-order chi connectivity index (χ1) is 16.0. The van der Waals surface area contributed by atoms with Gasteiger partial charge >= 0.3 is 5.97 Å². The molecule has 8 heteroatoms. The van der Waals surface area contributed by atoms with E-state index in [0.29, 0.717) is 22.4 Å². The van der Waals surface area contributed by atoms with Crippen LogP contribution >= 0.6 is 23.2 Å². The number of hydrogen-bond donors (Lipinski definition) is 1. The first-order valence-electron chi connectivity index (χ1n) is 11.7. The second kappa shape index (κ2) is 11.5. The Bertz CT molecular complexity index is 914. The number of ether oxygens (including phenoxy) is 1. The smallest absolute Gasteiger partial charge is 0.321 e. The zero-order chi connectivity index (χ0) is 23.2. The van der Waals surface area contributed by atoms with E-state index >= 15 is 0 Å². The Morgan fingerprint density at radius 1 is 1.06 bits per heavy atom. The van der Waals surface area contributed by atoms with Crippen molar-refractivity contribution in [3.8, 4) is 5.75 Å². The average Bonchev–Trinajstić information content (AvgIpc) is 2.82. The lowest BCUT2D eigenvalue weighted by Gasteiger charge is -2.39. The maximum absolute atomic E-state index is 11.9. The Kier molecular flexibility index (Phi) is 8.47. The Morgan fingerprint density at radius 2 is 1.82 bits per heavy atom. The van der Waals surface area contributed by atoms with Crippen LogP contribution in [0.1, 0.15) is 31.4 Å². The van der Waals surface area contributed by atoms with Gasteiger partial charge in [0.05, 0.1) is 10.0 Å². The van der Waals surface area contributed by atoms with Gasteiger partial charge in [0.2, 0.25) is 0 Å². The molecule has 2 saturated heterocycles. The van der Waals surface area contributed by atoms with E-state index < -0.39 is 12.0 Å². The molecule has 1 atom stereocenters. The molecule has 1 aromatic heterocycles. The van der Waals surface area contributed by atoms with Crippen LogP contribution in [0.2, 0.25) is 10.0 Å². The summed E-state index contributed by atoms with van der Waals surface area (Å²) < 4.78 is 6.10. The summed E-state index contributed by atoms with van der Waals surface area (Å²) in [6.07, 6.45) is 6.42. The van der Waals surface area contributed by atoms with Crippen molar-refractivity contribution in [3.63, 3.8) is 0 Å². The predicted octanol–water partition coefficient (Wildman–Crippen LogP) is 4.64. The third kappa shape index (κ3) is 6.82. The minimum atomic E-state index is -0.761. The number of aromatic nitrogens is 1. The third-order valence-corrected chi connectivity index (χ3v) is 7.49. The first kappa shape index (κ1) is 24.3. The molecule has 2 fully saturated rings. The highest BCUT2D eigenvalue weighted by Gasteiger charge is 2.31. The first-order valence-corrected chi connectivity index (χ1v) is 12.4. The van der Waals surface area contributed by atoms with Crippen molar-refractivity contribution in [1.82, 2.24) is 14.8 Å². The van der Waals surface area contributed by atoms with E-state index in [0.717, 1.165) is 69.9 Å². The number of rotatable bonds is 8. The van der Waals surface area contributed by atoms with Crippen LogP contribution in [-0.4, -0.2) is 70.7 Å². The average molecular weight is 492 g/mol. The number of piperidine rings is 2. The van der Waals surface area contributed by atoms with Crippen LogP contribution in [0.4, 0.5) is 0 Å². The van der Waals surface area contributed by atoms with Gasteiger partial charge in [-0.25, -0.2) is 0 Å². The molecule has 2 aliphatic rings. The number of hydrogen-bond acceptors (Lipinski definition) is 5. The van der Waals surface area contributed by atoms with Gasteiger partial charge in [-0.15, -0.1) is 0 Å². The maximum Gasteiger partial charge on any atom is 0.321 e. The fourth-order valence-electron chi connectivity index (χ4n) is 4.85. The normalized spacial score (nSPS) is 19.9. The minimum Gasteiger partial charge on any atom is -0.490 e. The molecule has 6 nitrogen and oxygen atoms in total. The number of nitrogens with zero attached hydrogens (tertiary/aromatic N) is 3. The molecule has 0 radical (unpaired) electrons. The molecule has 0 aliphatic carbocycles. The highest BCUT2D eigenvalue weighted by molar-refractivity contribution is 6.42. The molecule has 0 saturated carbocycles. The molecule has 178 valence electrons. The van der Waals surface area contributed by atoms with Crippen molar-refractivity contribution in [2.75, 3.05) is 32.7 Å². The number of pyridine rings is 1. The molecular formula is C25H31Cl2N3O3. The summed E-state index contributed by atoms with van der Waals surface area (Å²) in [5, 5.41) is 10.8. The molecule has 3 heterocycles. The van der Waals surface area contributed by atoms with Gasteiger partial charge in [0.1, 0.15) is 17.9 Å². The number of carbonyl (C=O) groups is 1. The number of halogens is 2. The number of likely N-dealkylation sites (tertiary alicyclic amines) is 2. The lowest BCUT2D eigenvalue weighted by Crippen LogP contribution is -2.49. The number of aliphatic carboxylic acids is 1. The van der Waals surface area contributed by atoms with Crippen molar-refractivity contribution in [2.24, 2.45) is 5.92 Å². The van der Waals surface area contributed by atoms with Gasteiger partial charge in [-0.1, -0.05) is 29.3 Å². The SMILES string of the molecule is O=C(O)[C@H](Cc1ccccn1)N1CCC(CN2CCC(Oc3ccc(Cl)c(Cl)c3)CC2)CC1. The van der Waals surface area contributed by atoms with Crippen LogP contribution in [0, 0.1) is 5.92 Å². The van der Waals surface area contributed by atoms with Crippen LogP contribution in [0.3, 0.4) is 0 Å². The quantitative estimate of drug-likeness (QED) is 0.580. The Labute approximate surface area is 205 Å². The van der Waals surface area contributed by atoms with Crippen LogP contribution in [0.25, 0.3) is 0 Å². The Hall–Kier alpha value is -1.86. The summed E-state index contributed by atoms with van der Waals surface area (Å²) in [5.74, 6) is 0.621. The summed E-state index contributed by atoms with van der Waals surface area (Å²) >= 11 is 12.1. The third-order valence-electron chi connectivity index (χ3n) is 6.75. The fourth-order valence-corrected chi connectivity index (χ4v) is 5.14. The zero-order valence-electron chi connectivity index (χ0n) is 18.7. The molecule has 2 aliphatic heterocycles. The molecule has 0 spiro atoms. The highest BCUT2D eigenvalue weighted by Crippen LogP contribution is 2.29. The molecule has 33 heavy (non-hydrogen) atoms. The van der Waals surface area contributed by atoms with Crippen LogP contribution < -0.4 is 4.74 Å². The molecule has 4 rings (SSSR count). The van der Waals surface area contributed by atoms with Gasteiger partial charge in [-0.2, -0.15) is 0 Å². The van der Waals surface area contributed by atoms with Crippen molar-refractivity contribution in [3.05, 3.63) is 58.3 Å². The number of benzene rings is 1. The molecule has 1 aromatic carbocycles. The summed E-state index contributed by atoms with van der Waals surface area (Å²) in [7, 11) is 0. The fraction of sp³-hybridized carbons (Fsp3) is 0.520. The molecule has 2 aromatic rings. The zero-order valence-corrected chi connectivity index (χ0v) is 20.2. The molecule has 0 bridgehead atoms. The number of carboxylic acid groups (broad SMARTS) is 1. The predicted molar refractivity (Wildman–Crippen MR) is 130 cm³/mol. The summed E-state index contributed by atoms with van der Waals surface area (Å²) in [6, 6.07) is 10.6. The van der Waals surface area contributed by atoms with Crippen molar-refractivity contribution in [2.45, 2.75) is 44.2 Å². The number of carboxylic acids is 1. The van der Waals surface area contributed by atoms with E-state index in [9.17, 15) is 9.90 Å². The van der Waals surface area contributed by atoms with Crippen molar-refractivity contribution < 1.29 is 14.6 Å². The topological polar surface area (TPSA) is 65.9 Å². The summed E-state index contributed by atoms with van der Waals surface area (Å²) in [5.41, 5.74) is 0.831. The van der Waals surface area contributed by atoms with Gasteiger partial charge in [-0.3, -0.25) is 14.7 Å².